The minimum absolute atomic E-state index is 0.0387. The van der Waals surface area contributed by atoms with Crippen LogP contribution >= 0.6 is 0 Å². The van der Waals surface area contributed by atoms with Gasteiger partial charge in [-0.05, 0) is 13.0 Å². The SMILES string of the molecule is C=Cc1c(C)n(C(C)=O)c2ccccc12. The average molecular weight is 199 g/mol. The van der Waals surface area contributed by atoms with Gasteiger partial charge in [0, 0.05) is 23.6 Å². The van der Waals surface area contributed by atoms with Gasteiger partial charge in [-0.1, -0.05) is 30.9 Å². The molecule has 0 aliphatic heterocycles. The van der Waals surface area contributed by atoms with Crippen LogP contribution in [0.5, 0.6) is 0 Å². The Bertz CT molecular complexity index is 549. The molecule has 1 aromatic heterocycles. The summed E-state index contributed by atoms with van der Waals surface area (Å²) in [5.74, 6) is 0.0387. The first-order valence-corrected chi connectivity index (χ1v) is 4.90. The highest BCUT2D eigenvalue weighted by Gasteiger charge is 2.13. The number of carbonyl (C=O) groups excluding carboxylic acids is 1. The molecule has 2 aromatic rings. The molecule has 0 fully saturated rings. The minimum atomic E-state index is 0.0387. The van der Waals surface area contributed by atoms with Crippen LogP contribution in [-0.4, -0.2) is 10.5 Å². The van der Waals surface area contributed by atoms with Crippen molar-refractivity contribution in [2.24, 2.45) is 0 Å². The summed E-state index contributed by atoms with van der Waals surface area (Å²) >= 11 is 0. The Morgan fingerprint density at radius 3 is 2.67 bits per heavy atom. The van der Waals surface area contributed by atoms with Crippen molar-refractivity contribution >= 4 is 22.9 Å². The summed E-state index contributed by atoms with van der Waals surface area (Å²) in [5, 5.41) is 1.08. The second-order valence-electron chi connectivity index (χ2n) is 3.57. The molecule has 0 aliphatic carbocycles. The van der Waals surface area contributed by atoms with Crippen LogP contribution in [0.3, 0.4) is 0 Å². The lowest BCUT2D eigenvalue weighted by atomic mass is 10.1. The van der Waals surface area contributed by atoms with E-state index >= 15 is 0 Å². The number of hydrogen-bond donors (Lipinski definition) is 0. The van der Waals surface area contributed by atoms with Gasteiger partial charge in [0.2, 0.25) is 5.91 Å². The van der Waals surface area contributed by atoms with E-state index in [0.29, 0.717) is 0 Å². The molecule has 0 radical (unpaired) electrons. The zero-order valence-corrected chi connectivity index (χ0v) is 8.95. The predicted molar refractivity (Wildman–Crippen MR) is 63.1 cm³/mol. The fourth-order valence-electron chi connectivity index (χ4n) is 2.06. The van der Waals surface area contributed by atoms with Crippen molar-refractivity contribution in [3.8, 4) is 0 Å². The topological polar surface area (TPSA) is 22.0 Å². The van der Waals surface area contributed by atoms with E-state index in [4.69, 9.17) is 0 Å². The van der Waals surface area contributed by atoms with E-state index in [1.165, 1.54) is 0 Å². The van der Waals surface area contributed by atoms with Gasteiger partial charge < -0.3 is 0 Å². The lowest BCUT2D eigenvalue weighted by molar-refractivity contribution is 0.0939. The van der Waals surface area contributed by atoms with E-state index in [0.717, 1.165) is 22.2 Å². The molecule has 0 saturated heterocycles. The van der Waals surface area contributed by atoms with Gasteiger partial charge in [-0.15, -0.1) is 0 Å². The Balaban J connectivity index is 2.97. The summed E-state index contributed by atoms with van der Waals surface area (Å²) in [6.45, 7) is 7.31. The molecule has 0 amide bonds. The van der Waals surface area contributed by atoms with Crippen LogP contribution < -0.4 is 0 Å². The van der Waals surface area contributed by atoms with Crippen molar-refractivity contribution < 1.29 is 4.79 Å². The summed E-state index contributed by atoms with van der Waals surface area (Å²) in [4.78, 5) is 11.5. The molecule has 1 heterocycles. The monoisotopic (exact) mass is 199 g/mol. The summed E-state index contributed by atoms with van der Waals surface area (Å²) in [5.41, 5.74) is 2.96. The Hall–Kier alpha value is -1.83. The highest BCUT2D eigenvalue weighted by Crippen LogP contribution is 2.26. The van der Waals surface area contributed by atoms with E-state index in [1.54, 1.807) is 17.6 Å². The normalized spacial score (nSPS) is 10.5. The van der Waals surface area contributed by atoms with Gasteiger partial charge in [0.15, 0.2) is 0 Å². The van der Waals surface area contributed by atoms with Crippen LogP contribution in [0.1, 0.15) is 23.0 Å². The zero-order valence-electron chi connectivity index (χ0n) is 8.95. The molecule has 2 rings (SSSR count). The number of benzene rings is 1. The summed E-state index contributed by atoms with van der Waals surface area (Å²) in [6.07, 6.45) is 1.80. The molecular weight excluding hydrogens is 186 g/mol. The number of nitrogens with zero attached hydrogens (tertiary/aromatic N) is 1. The highest BCUT2D eigenvalue weighted by atomic mass is 16.1. The highest BCUT2D eigenvalue weighted by molar-refractivity contribution is 5.98. The molecule has 0 unspecified atom stereocenters. The number of carbonyl (C=O) groups is 1. The fourth-order valence-corrected chi connectivity index (χ4v) is 2.06. The predicted octanol–water partition coefficient (Wildman–Crippen LogP) is 3.25. The van der Waals surface area contributed by atoms with E-state index in [2.05, 4.69) is 6.58 Å². The molecule has 2 nitrogen and oxygen atoms in total. The number of fused-ring (bicyclic) bond motifs is 1. The largest absolute Gasteiger partial charge is 0.284 e. The van der Waals surface area contributed by atoms with Crippen LogP contribution in [0.15, 0.2) is 30.8 Å². The van der Waals surface area contributed by atoms with E-state index in [-0.39, 0.29) is 5.91 Å². The standard InChI is InChI=1S/C13H13NO/c1-4-11-9(2)14(10(3)15)13-8-6-5-7-12(11)13/h4-8H,1H2,2-3H3. The van der Waals surface area contributed by atoms with Crippen molar-refractivity contribution in [1.29, 1.82) is 0 Å². The van der Waals surface area contributed by atoms with E-state index < -0.39 is 0 Å². The smallest absolute Gasteiger partial charge is 0.228 e. The van der Waals surface area contributed by atoms with E-state index in [1.807, 2.05) is 31.2 Å². The van der Waals surface area contributed by atoms with Gasteiger partial charge in [-0.25, -0.2) is 0 Å². The lowest BCUT2D eigenvalue weighted by Crippen LogP contribution is -2.06. The van der Waals surface area contributed by atoms with Gasteiger partial charge in [0.25, 0.3) is 0 Å². The van der Waals surface area contributed by atoms with Crippen LogP contribution in [0, 0.1) is 6.92 Å². The molecule has 15 heavy (non-hydrogen) atoms. The first kappa shape index (κ1) is 9.71. The Morgan fingerprint density at radius 1 is 1.40 bits per heavy atom. The summed E-state index contributed by atoms with van der Waals surface area (Å²) in [6, 6.07) is 7.88. The number of para-hydroxylation sites is 1. The molecule has 0 saturated carbocycles. The Labute approximate surface area is 88.8 Å². The van der Waals surface area contributed by atoms with Crippen molar-refractivity contribution in [2.45, 2.75) is 13.8 Å². The minimum Gasteiger partial charge on any atom is -0.284 e. The van der Waals surface area contributed by atoms with Gasteiger partial charge in [-0.3, -0.25) is 9.36 Å². The second-order valence-corrected chi connectivity index (χ2v) is 3.57. The first-order chi connectivity index (χ1) is 7.16. The number of rotatable bonds is 1. The Kier molecular flexibility index (Phi) is 2.19. The van der Waals surface area contributed by atoms with E-state index in [9.17, 15) is 4.79 Å². The zero-order chi connectivity index (χ0) is 11.0. The first-order valence-electron chi connectivity index (χ1n) is 4.90. The van der Waals surface area contributed by atoms with Crippen LogP contribution in [0.2, 0.25) is 0 Å². The third-order valence-corrected chi connectivity index (χ3v) is 2.68. The van der Waals surface area contributed by atoms with Gasteiger partial charge in [0.1, 0.15) is 0 Å². The van der Waals surface area contributed by atoms with Crippen molar-refractivity contribution in [1.82, 2.24) is 4.57 Å². The molecule has 0 atom stereocenters. The molecular formula is C13H13NO. The molecule has 0 bridgehead atoms. The Morgan fingerprint density at radius 2 is 2.07 bits per heavy atom. The molecule has 0 aliphatic rings. The van der Waals surface area contributed by atoms with Crippen molar-refractivity contribution in [2.75, 3.05) is 0 Å². The van der Waals surface area contributed by atoms with Crippen LogP contribution in [0.4, 0.5) is 0 Å². The maximum Gasteiger partial charge on any atom is 0.228 e. The van der Waals surface area contributed by atoms with Gasteiger partial charge >= 0.3 is 0 Å². The third-order valence-electron chi connectivity index (χ3n) is 2.68. The average Bonchev–Trinajstić information content (AvgIpc) is 2.49. The molecule has 0 N–H and O–H groups in total. The summed E-state index contributed by atoms with van der Waals surface area (Å²) in [7, 11) is 0. The third kappa shape index (κ3) is 1.30. The van der Waals surface area contributed by atoms with Crippen LogP contribution in [-0.2, 0) is 0 Å². The van der Waals surface area contributed by atoms with Crippen molar-refractivity contribution in [3.05, 3.63) is 42.1 Å². The fraction of sp³-hybridized carbons (Fsp3) is 0.154. The van der Waals surface area contributed by atoms with Crippen LogP contribution in [0.25, 0.3) is 17.0 Å². The second kappa shape index (κ2) is 3.39. The van der Waals surface area contributed by atoms with Gasteiger partial charge in [-0.2, -0.15) is 0 Å². The lowest BCUT2D eigenvalue weighted by Gasteiger charge is -2.01. The maximum atomic E-state index is 11.5. The molecule has 1 aromatic carbocycles. The number of aromatic nitrogens is 1. The number of hydrogen-bond acceptors (Lipinski definition) is 1. The molecule has 76 valence electrons. The molecule has 0 spiro atoms. The maximum absolute atomic E-state index is 11.5. The molecule has 2 heteroatoms. The summed E-state index contributed by atoms with van der Waals surface area (Å²) < 4.78 is 1.73. The quantitative estimate of drug-likeness (QED) is 0.691. The van der Waals surface area contributed by atoms with Gasteiger partial charge in [0.05, 0.1) is 5.52 Å². The van der Waals surface area contributed by atoms with Crippen molar-refractivity contribution in [3.63, 3.8) is 0 Å².